The van der Waals surface area contributed by atoms with Gasteiger partial charge in [-0.3, -0.25) is 4.79 Å². The van der Waals surface area contributed by atoms with Crippen molar-refractivity contribution in [1.29, 1.82) is 0 Å². The SMILES string of the molecule is C[C@@H](CNS(=O)(=O)c1ccc2c(c1)CCN2C(=O)C1CC1)c1ccccc1. The zero-order chi connectivity index (χ0) is 19.0. The van der Waals surface area contributed by atoms with E-state index in [1.165, 1.54) is 0 Å². The molecule has 6 heteroatoms. The summed E-state index contributed by atoms with van der Waals surface area (Å²) in [6, 6.07) is 14.9. The number of nitrogens with one attached hydrogen (secondary N) is 1. The normalized spacial score (nSPS) is 17.6. The van der Waals surface area contributed by atoms with Crippen LogP contribution >= 0.6 is 0 Å². The highest BCUT2D eigenvalue weighted by Gasteiger charge is 2.36. The molecule has 2 aromatic rings. The molecule has 0 spiro atoms. The van der Waals surface area contributed by atoms with Crippen LogP contribution in [-0.2, 0) is 21.2 Å². The summed E-state index contributed by atoms with van der Waals surface area (Å²) in [7, 11) is -3.58. The smallest absolute Gasteiger partial charge is 0.240 e. The molecule has 0 radical (unpaired) electrons. The molecule has 1 aliphatic carbocycles. The quantitative estimate of drug-likeness (QED) is 0.832. The molecule has 0 unspecified atom stereocenters. The molecule has 27 heavy (non-hydrogen) atoms. The lowest BCUT2D eigenvalue weighted by atomic mass is 10.0. The van der Waals surface area contributed by atoms with Crippen molar-refractivity contribution < 1.29 is 13.2 Å². The maximum absolute atomic E-state index is 12.7. The van der Waals surface area contributed by atoms with E-state index in [0.717, 1.165) is 29.7 Å². The van der Waals surface area contributed by atoms with Gasteiger partial charge in [0.25, 0.3) is 0 Å². The van der Waals surface area contributed by atoms with E-state index in [0.29, 0.717) is 19.5 Å². The van der Waals surface area contributed by atoms with Gasteiger partial charge in [0.2, 0.25) is 15.9 Å². The first-order valence-electron chi connectivity index (χ1n) is 9.44. The van der Waals surface area contributed by atoms with Gasteiger partial charge in [-0.25, -0.2) is 13.1 Å². The monoisotopic (exact) mass is 384 g/mol. The Morgan fingerprint density at radius 3 is 2.63 bits per heavy atom. The molecule has 1 saturated carbocycles. The van der Waals surface area contributed by atoms with E-state index in [1.54, 1.807) is 18.2 Å². The Hall–Kier alpha value is -2.18. The van der Waals surface area contributed by atoms with Crippen LogP contribution in [0.25, 0.3) is 0 Å². The van der Waals surface area contributed by atoms with Crippen molar-refractivity contribution in [3.63, 3.8) is 0 Å². The van der Waals surface area contributed by atoms with Gasteiger partial charge in [-0.1, -0.05) is 37.3 Å². The molecule has 0 saturated heterocycles. The van der Waals surface area contributed by atoms with Gasteiger partial charge in [0.15, 0.2) is 0 Å². The number of benzene rings is 2. The molecule has 1 atom stereocenters. The van der Waals surface area contributed by atoms with E-state index >= 15 is 0 Å². The highest BCUT2D eigenvalue weighted by Crippen LogP contribution is 2.37. The predicted octanol–water partition coefficient (Wildman–Crippen LogP) is 3.07. The van der Waals surface area contributed by atoms with Gasteiger partial charge in [-0.05, 0) is 54.5 Å². The van der Waals surface area contributed by atoms with Crippen LogP contribution in [0.1, 0.15) is 36.8 Å². The van der Waals surface area contributed by atoms with Crippen molar-refractivity contribution in [2.45, 2.75) is 37.0 Å². The second-order valence-electron chi connectivity index (χ2n) is 7.47. The van der Waals surface area contributed by atoms with Crippen LogP contribution < -0.4 is 9.62 Å². The minimum atomic E-state index is -3.58. The first-order valence-corrected chi connectivity index (χ1v) is 10.9. The highest BCUT2D eigenvalue weighted by molar-refractivity contribution is 7.89. The van der Waals surface area contributed by atoms with E-state index in [2.05, 4.69) is 4.72 Å². The lowest BCUT2D eigenvalue weighted by Crippen LogP contribution is -2.30. The number of carbonyl (C=O) groups excluding carboxylic acids is 1. The number of hydrogen-bond acceptors (Lipinski definition) is 3. The number of sulfonamides is 1. The van der Waals surface area contributed by atoms with Crippen LogP contribution in [0.5, 0.6) is 0 Å². The van der Waals surface area contributed by atoms with Gasteiger partial charge < -0.3 is 4.90 Å². The largest absolute Gasteiger partial charge is 0.312 e. The standard InChI is InChI=1S/C21H24N2O3S/c1-15(16-5-3-2-4-6-16)14-22-27(25,26)19-9-10-20-18(13-19)11-12-23(20)21(24)17-7-8-17/h2-6,9-10,13,15,17,22H,7-8,11-12,14H2,1H3/t15-/m0/s1. The zero-order valence-electron chi connectivity index (χ0n) is 15.4. The third kappa shape index (κ3) is 3.77. The van der Waals surface area contributed by atoms with Crippen molar-refractivity contribution in [2.75, 3.05) is 18.0 Å². The van der Waals surface area contributed by atoms with Crippen molar-refractivity contribution in [3.05, 3.63) is 59.7 Å². The summed E-state index contributed by atoms with van der Waals surface area (Å²) < 4.78 is 28.1. The van der Waals surface area contributed by atoms with Gasteiger partial charge in [-0.2, -0.15) is 0 Å². The zero-order valence-corrected chi connectivity index (χ0v) is 16.2. The Labute approximate surface area is 160 Å². The summed E-state index contributed by atoms with van der Waals surface area (Å²) in [6.45, 7) is 2.99. The number of nitrogens with zero attached hydrogens (tertiary/aromatic N) is 1. The van der Waals surface area contributed by atoms with E-state index < -0.39 is 10.0 Å². The Balaban J connectivity index is 1.47. The minimum absolute atomic E-state index is 0.0852. The number of carbonyl (C=O) groups is 1. The number of amides is 1. The maximum Gasteiger partial charge on any atom is 0.240 e. The van der Waals surface area contributed by atoms with E-state index in [1.807, 2.05) is 42.2 Å². The molecule has 1 heterocycles. The number of fused-ring (bicyclic) bond motifs is 1. The summed E-state index contributed by atoms with van der Waals surface area (Å²) in [5.74, 6) is 0.432. The molecule has 1 fully saturated rings. The Kier molecular flexibility index (Phi) is 4.78. The molecule has 4 rings (SSSR count). The molecule has 142 valence electrons. The van der Waals surface area contributed by atoms with Crippen molar-refractivity contribution in [1.82, 2.24) is 4.72 Å². The van der Waals surface area contributed by atoms with E-state index in [9.17, 15) is 13.2 Å². The summed E-state index contributed by atoms with van der Waals surface area (Å²) in [5.41, 5.74) is 2.90. The predicted molar refractivity (Wildman–Crippen MR) is 105 cm³/mol. The highest BCUT2D eigenvalue weighted by atomic mass is 32.2. The maximum atomic E-state index is 12.7. The molecule has 1 amide bonds. The Morgan fingerprint density at radius 2 is 1.93 bits per heavy atom. The van der Waals surface area contributed by atoms with Crippen LogP contribution in [0.3, 0.4) is 0 Å². The number of hydrogen-bond donors (Lipinski definition) is 1. The molecular weight excluding hydrogens is 360 g/mol. The molecule has 2 aromatic carbocycles. The van der Waals surface area contributed by atoms with Crippen molar-refractivity contribution in [3.8, 4) is 0 Å². The molecular formula is C21H24N2O3S. The molecule has 0 bridgehead atoms. The van der Waals surface area contributed by atoms with E-state index in [4.69, 9.17) is 0 Å². The van der Waals surface area contributed by atoms with Crippen LogP contribution in [0, 0.1) is 5.92 Å². The topological polar surface area (TPSA) is 66.5 Å². The average Bonchev–Trinajstić information content (AvgIpc) is 3.45. The molecule has 1 aliphatic heterocycles. The fourth-order valence-corrected chi connectivity index (χ4v) is 4.72. The van der Waals surface area contributed by atoms with Gasteiger partial charge >= 0.3 is 0 Å². The summed E-state index contributed by atoms with van der Waals surface area (Å²) >= 11 is 0. The second-order valence-corrected chi connectivity index (χ2v) is 9.24. The van der Waals surface area contributed by atoms with Gasteiger partial charge in [0.1, 0.15) is 0 Å². The first-order chi connectivity index (χ1) is 13.0. The van der Waals surface area contributed by atoms with Gasteiger partial charge in [-0.15, -0.1) is 0 Å². The van der Waals surface area contributed by atoms with Gasteiger partial charge in [0, 0.05) is 24.7 Å². The number of rotatable bonds is 6. The van der Waals surface area contributed by atoms with Crippen LogP contribution in [0.15, 0.2) is 53.4 Å². The molecule has 2 aliphatic rings. The summed E-state index contributed by atoms with van der Waals surface area (Å²) in [4.78, 5) is 14.4. The Bertz CT molecular complexity index is 953. The van der Waals surface area contributed by atoms with E-state index in [-0.39, 0.29) is 22.6 Å². The second kappa shape index (κ2) is 7.09. The van der Waals surface area contributed by atoms with Crippen molar-refractivity contribution in [2.24, 2.45) is 5.92 Å². The minimum Gasteiger partial charge on any atom is -0.312 e. The van der Waals surface area contributed by atoms with Crippen LogP contribution in [-0.4, -0.2) is 27.4 Å². The fraction of sp³-hybridized carbons (Fsp3) is 0.381. The third-order valence-corrected chi connectivity index (χ3v) is 6.82. The summed E-state index contributed by atoms with van der Waals surface area (Å²) in [5, 5.41) is 0. The van der Waals surface area contributed by atoms with Crippen LogP contribution in [0.2, 0.25) is 0 Å². The molecule has 1 N–H and O–H groups in total. The molecule has 5 nitrogen and oxygen atoms in total. The fourth-order valence-electron chi connectivity index (χ4n) is 3.54. The molecule has 0 aromatic heterocycles. The summed E-state index contributed by atoms with van der Waals surface area (Å²) in [6.07, 6.45) is 2.65. The lowest BCUT2D eigenvalue weighted by Gasteiger charge is -2.17. The number of anilines is 1. The van der Waals surface area contributed by atoms with Crippen molar-refractivity contribution >= 4 is 21.6 Å². The average molecular weight is 385 g/mol. The first kappa shape index (κ1) is 18.2. The van der Waals surface area contributed by atoms with Crippen LogP contribution in [0.4, 0.5) is 5.69 Å². The Morgan fingerprint density at radius 1 is 1.19 bits per heavy atom. The third-order valence-electron chi connectivity index (χ3n) is 5.40. The van der Waals surface area contributed by atoms with Gasteiger partial charge in [0.05, 0.1) is 4.90 Å². The lowest BCUT2D eigenvalue weighted by molar-refractivity contribution is -0.119.